The van der Waals surface area contributed by atoms with Gasteiger partial charge in [0.05, 0.1) is 11.0 Å². The zero-order valence-electron chi connectivity index (χ0n) is 30.4. The summed E-state index contributed by atoms with van der Waals surface area (Å²) in [7, 11) is 0. The van der Waals surface area contributed by atoms with E-state index >= 15 is 0 Å². The molecule has 6 heteroatoms. The zero-order chi connectivity index (χ0) is 37.5. The van der Waals surface area contributed by atoms with E-state index in [9.17, 15) is 0 Å². The minimum absolute atomic E-state index is 0.583. The molecule has 0 radical (unpaired) electrons. The van der Waals surface area contributed by atoms with Gasteiger partial charge in [-0.2, -0.15) is 0 Å². The predicted molar refractivity (Wildman–Crippen MR) is 230 cm³/mol. The van der Waals surface area contributed by atoms with Crippen molar-refractivity contribution in [3.8, 4) is 51.0 Å². The maximum Gasteiger partial charge on any atom is 0.164 e. The van der Waals surface area contributed by atoms with Gasteiger partial charge in [-0.15, -0.1) is 0 Å². The molecule has 4 heterocycles. The Kier molecular flexibility index (Phi) is 6.83. The first kappa shape index (κ1) is 31.5. The van der Waals surface area contributed by atoms with Gasteiger partial charge in [0.2, 0.25) is 0 Å². The summed E-state index contributed by atoms with van der Waals surface area (Å²) in [6.45, 7) is 0. The quantitative estimate of drug-likeness (QED) is 0.176. The monoisotopic (exact) mass is 730 g/mol. The van der Waals surface area contributed by atoms with Crippen LogP contribution in [0.1, 0.15) is 0 Å². The van der Waals surface area contributed by atoms with Crippen LogP contribution in [0.15, 0.2) is 191 Å². The second-order valence-electron chi connectivity index (χ2n) is 14.4. The van der Waals surface area contributed by atoms with Crippen molar-refractivity contribution >= 4 is 65.7 Å². The molecule has 0 aliphatic carbocycles. The first-order valence-electron chi connectivity index (χ1n) is 19.0. The van der Waals surface area contributed by atoms with E-state index in [4.69, 9.17) is 23.8 Å². The average molecular weight is 731 g/mol. The van der Waals surface area contributed by atoms with Crippen molar-refractivity contribution < 1.29 is 8.83 Å². The van der Waals surface area contributed by atoms with E-state index in [1.807, 2.05) is 66.7 Å². The van der Waals surface area contributed by atoms with Crippen LogP contribution in [0, 0.1) is 0 Å². The highest BCUT2D eigenvalue weighted by atomic mass is 16.3. The van der Waals surface area contributed by atoms with Crippen LogP contribution in [-0.2, 0) is 0 Å². The van der Waals surface area contributed by atoms with Gasteiger partial charge in [0, 0.05) is 60.3 Å². The Labute approximate surface area is 325 Å². The molecule has 0 saturated heterocycles. The van der Waals surface area contributed by atoms with Crippen LogP contribution in [0.5, 0.6) is 0 Å². The van der Waals surface area contributed by atoms with Gasteiger partial charge >= 0.3 is 0 Å². The van der Waals surface area contributed by atoms with E-state index in [0.29, 0.717) is 17.5 Å². The second-order valence-corrected chi connectivity index (χ2v) is 14.4. The predicted octanol–water partition coefficient (Wildman–Crippen LogP) is 13.4. The second kappa shape index (κ2) is 12.3. The third-order valence-corrected chi connectivity index (χ3v) is 11.1. The smallest absolute Gasteiger partial charge is 0.164 e. The lowest BCUT2D eigenvalue weighted by molar-refractivity contribution is 0.664. The maximum absolute atomic E-state index is 6.84. The number of nitrogens with zero attached hydrogens (tertiary/aromatic N) is 4. The fraction of sp³-hybridized carbons (Fsp3) is 0. The first-order valence-corrected chi connectivity index (χ1v) is 19.0. The largest absolute Gasteiger partial charge is 0.456 e. The Balaban J connectivity index is 1.00. The minimum atomic E-state index is 0.583. The maximum atomic E-state index is 6.84. The van der Waals surface area contributed by atoms with Crippen molar-refractivity contribution in [3.05, 3.63) is 182 Å². The Bertz CT molecular complexity index is 3450. The summed E-state index contributed by atoms with van der Waals surface area (Å²) in [4.78, 5) is 14.7. The summed E-state index contributed by atoms with van der Waals surface area (Å²) in [6.07, 6.45) is 0. The van der Waals surface area contributed by atoms with E-state index in [0.717, 1.165) is 82.9 Å². The van der Waals surface area contributed by atoms with Crippen molar-refractivity contribution in [1.29, 1.82) is 0 Å². The third kappa shape index (κ3) is 4.94. The third-order valence-electron chi connectivity index (χ3n) is 11.1. The number of benzene rings is 8. The number of rotatable bonds is 5. The molecule has 12 aromatic rings. The highest BCUT2D eigenvalue weighted by molar-refractivity contribution is 6.21. The Morgan fingerprint density at radius 3 is 1.63 bits per heavy atom. The number of fused-ring (bicyclic) bond motifs is 9. The molecule has 0 aliphatic heterocycles. The molecule has 0 aliphatic rings. The van der Waals surface area contributed by atoms with Crippen molar-refractivity contribution in [2.75, 3.05) is 0 Å². The molecule has 0 spiro atoms. The van der Waals surface area contributed by atoms with E-state index < -0.39 is 0 Å². The van der Waals surface area contributed by atoms with Crippen molar-refractivity contribution in [2.24, 2.45) is 0 Å². The number of furan rings is 2. The highest BCUT2D eigenvalue weighted by Crippen LogP contribution is 2.44. The Morgan fingerprint density at radius 1 is 0.351 bits per heavy atom. The van der Waals surface area contributed by atoms with Crippen LogP contribution in [-0.4, -0.2) is 19.5 Å². The highest BCUT2D eigenvalue weighted by Gasteiger charge is 2.21. The van der Waals surface area contributed by atoms with E-state index in [-0.39, 0.29) is 0 Å². The molecule has 8 aromatic carbocycles. The Hall–Kier alpha value is -7.83. The van der Waals surface area contributed by atoms with Crippen molar-refractivity contribution in [1.82, 2.24) is 19.5 Å². The SMILES string of the molecule is c1ccc(-c2nc(-c3ccccc3)nc(-c3ccc4c(c3)oc3cc5c(cc34)oc3c(-c4cccc6c4c4ccccc4n6-c4ccccc4)cccc35)n2)cc1. The fourth-order valence-electron chi connectivity index (χ4n) is 8.45. The van der Waals surface area contributed by atoms with Gasteiger partial charge in [-0.3, -0.25) is 0 Å². The van der Waals surface area contributed by atoms with E-state index in [1.54, 1.807) is 0 Å². The van der Waals surface area contributed by atoms with Crippen LogP contribution in [0.4, 0.5) is 0 Å². The molecule has 0 amide bonds. The normalized spacial score (nSPS) is 11.9. The van der Waals surface area contributed by atoms with Crippen LogP contribution >= 0.6 is 0 Å². The van der Waals surface area contributed by atoms with Gasteiger partial charge in [-0.05, 0) is 54.1 Å². The summed E-state index contributed by atoms with van der Waals surface area (Å²) < 4.78 is 15.8. The molecule has 57 heavy (non-hydrogen) atoms. The molecule has 6 nitrogen and oxygen atoms in total. The number of para-hydroxylation sites is 3. The van der Waals surface area contributed by atoms with Gasteiger partial charge in [0.25, 0.3) is 0 Å². The van der Waals surface area contributed by atoms with Gasteiger partial charge in [0.15, 0.2) is 17.5 Å². The summed E-state index contributed by atoms with van der Waals surface area (Å²) in [5, 5.41) is 6.44. The summed E-state index contributed by atoms with van der Waals surface area (Å²) in [5.41, 5.74) is 11.6. The molecular formula is C51H30N4O2. The fourth-order valence-corrected chi connectivity index (χ4v) is 8.45. The first-order chi connectivity index (χ1) is 28.2. The van der Waals surface area contributed by atoms with Crippen molar-refractivity contribution in [3.63, 3.8) is 0 Å². The topological polar surface area (TPSA) is 69.9 Å². The van der Waals surface area contributed by atoms with Crippen LogP contribution in [0.2, 0.25) is 0 Å². The Morgan fingerprint density at radius 2 is 0.895 bits per heavy atom. The molecule has 4 aromatic heterocycles. The number of aromatic nitrogens is 4. The average Bonchev–Trinajstić information content (AvgIpc) is 3.95. The summed E-state index contributed by atoms with van der Waals surface area (Å²) in [6, 6.07) is 62.6. The van der Waals surface area contributed by atoms with Crippen molar-refractivity contribution in [2.45, 2.75) is 0 Å². The molecule has 0 atom stereocenters. The van der Waals surface area contributed by atoms with Crippen LogP contribution in [0.3, 0.4) is 0 Å². The molecule has 12 rings (SSSR count). The lowest BCUT2D eigenvalue weighted by Crippen LogP contribution is -2.00. The lowest BCUT2D eigenvalue weighted by Gasteiger charge is -2.09. The molecule has 0 fully saturated rings. The zero-order valence-corrected chi connectivity index (χ0v) is 30.4. The number of hydrogen-bond acceptors (Lipinski definition) is 5. The number of hydrogen-bond donors (Lipinski definition) is 0. The molecule has 0 N–H and O–H groups in total. The molecule has 0 bridgehead atoms. The van der Waals surface area contributed by atoms with E-state index in [2.05, 4.69) is 120 Å². The van der Waals surface area contributed by atoms with Gasteiger partial charge in [-0.1, -0.05) is 133 Å². The summed E-state index contributed by atoms with van der Waals surface area (Å²) in [5.74, 6) is 1.82. The van der Waals surface area contributed by atoms with Gasteiger partial charge in [-0.25, -0.2) is 15.0 Å². The summed E-state index contributed by atoms with van der Waals surface area (Å²) >= 11 is 0. The van der Waals surface area contributed by atoms with E-state index in [1.165, 1.54) is 16.3 Å². The molecule has 266 valence electrons. The lowest BCUT2D eigenvalue weighted by atomic mass is 9.97. The van der Waals surface area contributed by atoms with Crippen LogP contribution < -0.4 is 0 Å². The molecular weight excluding hydrogens is 701 g/mol. The van der Waals surface area contributed by atoms with Crippen LogP contribution in [0.25, 0.3) is 117 Å². The minimum Gasteiger partial charge on any atom is -0.456 e. The van der Waals surface area contributed by atoms with Gasteiger partial charge in [0.1, 0.15) is 22.3 Å². The van der Waals surface area contributed by atoms with Gasteiger partial charge < -0.3 is 13.4 Å². The molecule has 0 unspecified atom stereocenters. The standard InChI is InChI=1S/C51H30N4O2/c1-4-14-31(15-5-1)49-52-50(32-16-6-2-7-17-32)54-51(53-49)33-26-27-35-40-29-46-41(30-45(40)56-44(35)28-33)38-23-12-22-37(48(38)57-46)36-21-13-25-43-47(36)39-20-10-11-24-42(39)55(43)34-18-8-3-9-19-34/h1-30H. The molecule has 0 saturated carbocycles.